The Labute approximate surface area is 130 Å². The Morgan fingerprint density at radius 2 is 1.82 bits per heavy atom. The molecular formula is C17H22N2O3. The van der Waals surface area contributed by atoms with Crippen LogP contribution in [0.15, 0.2) is 18.2 Å². The topological polar surface area (TPSA) is 58.6 Å². The third kappa shape index (κ3) is 2.73. The van der Waals surface area contributed by atoms with Gasteiger partial charge in [-0.25, -0.2) is 0 Å². The highest BCUT2D eigenvalue weighted by Gasteiger charge is 2.58. The third-order valence-corrected chi connectivity index (χ3v) is 4.66. The molecule has 1 saturated heterocycles. The molecule has 1 aliphatic heterocycles. The molecule has 0 spiro atoms. The number of morpholine rings is 1. The summed E-state index contributed by atoms with van der Waals surface area (Å²) in [4.78, 5) is 27.0. The predicted molar refractivity (Wildman–Crippen MR) is 83.6 cm³/mol. The Bertz CT molecular complexity index is 602. The van der Waals surface area contributed by atoms with E-state index >= 15 is 0 Å². The van der Waals surface area contributed by atoms with Gasteiger partial charge in [0.2, 0.25) is 11.8 Å². The van der Waals surface area contributed by atoms with Gasteiger partial charge >= 0.3 is 0 Å². The van der Waals surface area contributed by atoms with Crippen molar-refractivity contribution in [1.29, 1.82) is 0 Å². The minimum atomic E-state index is -0.851. The molecule has 0 bridgehead atoms. The number of carbonyl (C=O) groups excluding carboxylic acids is 2. The van der Waals surface area contributed by atoms with Crippen molar-refractivity contribution in [2.75, 3.05) is 31.6 Å². The highest BCUT2D eigenvalue weighted by Crippen LogP contribution is 2.48. The normalized spacial score (nSPS) is 19.6. The Balaban J connectivity index is 1.70. The van der Waals surface area contributed by atoms with E-state index in [1.54, 1.807) is 4.90 Å². The number of aryl methyl sites for hydroxylation is 2. The first-order chi connectivity index (χ1) is 10.5. The first-order valence-electron chi connectivity index (χ1n) is 7.79. The molecule has 3 rings (SSSR count). The maximum Gasteiger partial charge on any atom is 0.240 e. The molecule has 1 saturated carbocycles. The van der Waals surface area contributed by atoms with Gasteiger partial charge in [-0.3, -0.25) is 9.59 Å². The number of carbonyl (C=O) groups is 2. The average molecular weight is 302 g/mol. The second kappa shape index (κ2) is 5.72. The quantitative estimate of drug-likeness (QED) is 0.867. The first kappa shape index (κ1) is 15.0. The van der Waals surface area contributed by atoms with Crippen LogP contribution in [0.5, 0.6) is 0 Å². The van der Waals surface area contributed by atoms with Gasteiger partial charge in [-0.15, -0.1) is 0 Å². The summed E-state index contributed by atoms with van der Waals surface area (Å²) in [6, 6.07) is 5.81. The highest BCUT2D eigenvalue weighted by atomic mass is 16.5. The van der Waals surface area contributed by atoms with Crippen molar-refractivity contribution in [3.05, 3.63) is 29.3 Å². The Morgan fingerprint density at radius 3 is 2.41 bits per heavy atom. The standard InChI is InChI=1S/C17H22N2O3/c1-12-3-4-14(11-13(12)2)18-15(20)17(5-6-17)16(21)19-7-9-22-10-8-19/h3-4,11H,5-10H2,1-2H3,(H,18,20). The summed E-state index contributed by atoms with van der Waals surface area (Å²) in [5.41, 5.74) is 2.22. The molecule has 2 aliphatic rings. The number of hydrogen-bond donors (Lipinski definition) is 1. The van der Waals surface area contributed by atoms with Gasteiger partial charge < -0.3 is 15.0 Å². The van der Waals surface area contributed by atoms with Gasteiger partial charge in [0.05, 0.1) is 13.2 Å². The van der Waals surface area contributed by atoms with Crippen LogP contribution >= 0.6 is 0 Å². The number of rotatable bonds is 3. The third-order valence-electron chi connectivity index (χ3n) is 4.66. The zero-order chi connectivity index (χ0) is 15.7. The molecule has 5 nitrogen and oxygen atoms in total. The summed E-state index contributed by atoms with van der Waals surface area (Å²) in [6.45, 7) is 6.32. The van der Waals surface area contributed by atoms with Crippen LogP contribution in [0.25, 0.3) is 0 Å². The summed E-state index contributed by atoms with van der Waals surface area (Å²) < 4.78 is 5.27. The lowest BCUT2D eigenvalue weighted by atomic mass is 10.0. The molecule has 1 aliphatic carbocycles. The second-order valence-electron chi connectivity index (χ2n) is 6.24. The maximum atomic E-state index is 12.6. The van der Waals surface area contributed by atoms with Crippen molar-refractivity contribution in [2.45, 2.75) is 26.7 Å². The molecule has 22 heavy (non-hydrogen) atoms. The van der Waals surface area contributed by atoms with E-state index in [0.29, 0.717) is 39.1 Å². The highest BCUT2D eigenvalue weighted by molar-refractivity contribution is 6.13. The van der Waals surface area contributed by atoms with E-state index in [2.05, 4.69) is 5.32 Å². The smallest absolute Gasteiger partial charge is 0.240 e. The van der Waals surface area contributed by atoms with Crippen LogP contribution in [-0.2, 0) is 14.3 Å². The molecule has 1 aromatic rings. The molecule has 1 aromatic carbocycles. The van der Waals surface area contributed by atoms with E-state index < -0.39 is 5.41 Å². The number of nitrogens with zero attached hydrogens (tertiary/aromatic N) is 1. The van der Waals surface area contributed by atoms with Crippen molar-refractivity contribution in [1.82, 2.24) is 4.90 Å². The van der Waals surface area contributed by atoms with Crippen LogP contribution < -0.4 is 5.32 Å². The molecule has 1 N–H and O–H groups in total. The van der Waals surface area contributed by atoms with Gasteiger partial charge in [0.1, 0.15) is 5.41 Å². The van der Waals surface area contributed by atoms with Crippen molar-refractivity contribution < 1.29 is 14.3 Å². The second-order valence-corrected chi connectivity index (χ2v) is 6.24. The van der Waals surface area contributed by atoms with Gasteiger partial charge in [-0.1, -0.05) is 6.07 Å². The van der Waals surface area contributed by atoms with Crippen LogP contribution in [-0.4, -0.2) is 43.0 Å². The molecule has 0 aromatic heterocycles. The molecule has 118 valence electrons. The maximum absolute atomic E-state index is 12.6. The van der Waals surface area contributed by atoms with E-state index in [4.69, 9.17) is 4.74 Å². The van der Waals surface area contributed by atoms with Crippen LogP contribution in [0, 0.1) is 19.3 Å². The Hall–Kier alpha value is -1.88. The molecule has 0 atom stereocenters. The average Bonchev–Trinajstić information content (AvgIpc) is 3.33. The van der Waals surface area contributed by atoms with Crippen LogP contribution in [0.1, 0.15) is 24.0 Å². The van der Waals surface area contributed by atoms with E-state index in [0.717, 1.165) is 11.3 Å². The molecular weight excluding hydrogens is 280 g/mol. The van der Waals surface area contributed by atoms with Crippen LogP contribution in [0.4, 0.5) is 5.69 Å². The van der Waals surface area contributed by atoms with E-state index in [-0.39, 0.29) is 11.8 Å². The summed E-state index contributed by atoms with van der Waals surface area (Å²) >= 11 is 0. The molecule has 0 unspecified atom stereocenters. The summed E-state index contributed by atoms with van der Waals surface area (Å²) in [6.07, 6.45) is 1.28. The number of hydrogen-bond acceptors (Lipinski definition) is 3. The summed E-state index contributed by atoms with van der Waals surface area (Å²) in [7, 11) is 0. The monoisotopic (exact) mass is 302 g/mol. The minimum absolute atomic E-state index is 0.0443. The summed E-state index contributed by atoms with van der Waals surface area (Å²) in [5.74, 6) is -0.218. The Kier molecular flexibility index (Phi) is 3.91. The molecule has 2 amide bonds. The van der Waals surface area contributed by atoms with Crippen molar-refractivity contribution in [2.24, 2.45) is 5.41 Å². The molecule has 0 radical (unpaired) electrons. The lowest BCUT2D eigenvalue weighted by molar-refractivity contribution is -0.145. The minimum Gasteiger partial charge on any atom is -0.378 e. The number of ether oxygens (including phenoxy) is 1. The van der Waals surface area contributed by atoms with Gasteiger partial charge in [0.15, 0.2) is 0 Å². The number of benzene rings is 1. The lowest BCUT2D eigenvalue weighted by Gasteiger charge is -2.30. The predicted octanol–water partition coefficient (Wildman–Crippen LogP) is 1.88. The van der Waals surface area contributed by atoms with E-state index in [1.165, 1.54) is 5.56 Å². The van der Waals surface area contributed by atoms with Gasteiger partial charge in [0.25, 0.3) is 0 Å². The lowest BCUT2D eigenvalue weighted by Crippen LogP contribution is -2.47. The van der Waals surface area contributed by atoms with Crippen molar-refractivity contribution in [3.8, 4) is 0 Å². The fourth-order valence-electron chi connectivity index (χ4n) is 2.80. The van der Waals surface area contributed by atoms with E-state index in [9.17, 15) is 9.59 Å². The van der Waals surface area contributed by atoms with Gasteiger partial charge in [-0.2, -0.15) is 0 Å². The van der Waals surface area contributed by atoms with Crippen molar-refractivity contribution >= 4 is 17.5 Å². The first-order valence-corrected chi connectivity index (χ1v) is 7.79. The SMILES string of the molecule is Cc1ccc(NC(=O)C2(C(=O)N3CCOCC3)CC2)cc1C. The number of nitrogens with one attached hydrogen (secondary N) is 1. The fourth-order valence-corrected chi connectivity index (χ4v) is 2.80. The Morgan fingerprint density at radius 1 is 1.14 bits per heavy atom. The molecule has 2 fully saturated rings. The number of anilines is 1. The van der Waals surface area contributed by atoms with Crippen LogP contribution in [0.2, 0.25) is 0 Å². The largest absolute Gasteiger partial charge is 0.378 e. The van der Waals surface area contributed by atoms with Crippen LogP contribution in [0.3, 0.4) is 0 Å². The zero-order valence-corrected chi connectivity index (χ0v) is 13.1. The van der Waals surface area contributed by atoms with Crippen molar-refractivity contribution in [3.63, 3.8) is 0 Å². The summed E-state index contributed by atoms with van der Waals surface area (Å²) in [5, 5.41) is 2.92. The fraction of sp³-hybridized carbons (Fsp3) is 0.529. The zero-order valence-electron chi connectivity index (χ0n) is 13.1. The number of amides is 2. The molecule has 1 heterocycles. The molecule has 5 heteroatoms. The van der Waals surface area contributed by atoms with E-state index in [1.807, 2.05) is 32.0 Å². The van der Waals surface area contributed by atoms with Gasteiger partial charge in [-0.05, 0) is 49.9 Å². The van der Waals surface area contributed by atoms with Gasteiger partial charge in [0, 0.05) is 18.8 Å².